The van der Waals surface area contributed by atoms with Crippen LogP contribution in [-0.2, 0) is 9.53 Å². The Labute approximate surface area is 80.3 Å². The monoisotopic (exact) mass is 182 g/mol. The van der Waals surface area contributed by atoms with Crippen LogP contribution >= 0.6 is 0 Å². The molecule has 13 heavy (non-hydrogen) atoms. The molecular weight excluding hydrogens is 164 g/mol. The fourth-order valence-electron chi connectivity index (χ4n) is 0.969. The first-order valence-corrected chi connectivity index (χ1v) is 4.66. The van der Waals surface area contributed by atoms with E-state index in [1.165, 1.54) is 7.11 Å². The normalized spacial score (nSPS) is 12.1. The Kier molecular flexibility index (Phi) is 6.98. The van der Waals surface area contributed by atoms with Crippen molar-refractivity contribution >= 4 is 5.97 Å². The molecule has 0 aliphatic carbocycles. The van der Waals surface area contributed by atoms with Crippen molar-refractivity contribution < 1.29 is 9.53 Å². The first-order chi connectivity index (χ1) is 6.24. The second-order valence-electron chi connectivity index (χ2n) is 2.75. The van der Waals surface area contributed by atoms with Gasteiger partial charge in [0.1, 0.15) is 0 Å². The summed E-state index contributed by atoms with van der Waals surface area (Å²) >= 11 is 0. The van der Waals surface area contributed by atoms with Gasteiger partial charge in [0.2, 0.25) is 0 Å². The molecule has 0 fully saturated rings. The number of rotatable bonds is 5. The van der Waals surface area contributed by atoms with Crippen LogP contribution in [0, 0.1) is 0 Å². The van der Waals surface area contributed by atoms with Gasteiger partial charge in [-0.1, -0.05) is 32.1 Å². The minimum atomic E-state index is -0.180. The number of methoxy groups -OCH3 is 1. The smallest absolute Gasteiger partial charge is 0.309 e. The zero-order valence-electron chi connectivity index (χ0n) is 8.67. The quantitative estimate of drug-likeness (QED) is 0.482. The Hall–Kier alpha value is -1.05. The molecule has 0 atom stereocenters. The molecule has 0 heterocycles. The van der Waals surface area contributed by atoms with Crippen molar-refractivity contribution in [1.82, 2.24) is 0 Å². The zero-order valence-corrected chi connectivity index (χ0v) is 8.67. The summed E-state index contributed by atoms with van der Waals surface area (Å²) in [5, 5.41) is 0. The minimum absolute atomic E-state index is 0.180. The molecule has 0 saturated carbocycles. The predicted octanol–water partition coefficient (Wildman–Crippen LogP) is 2.85. The van der Waals surface area contributed by atoms with Gasteiger partial charge in [-0.2, -0.15) is 0 Å². The van der Waals surface area contributed by atoms with E-state index in [2.05, 4.69) is 18.6 Å². The Balaban J connectivity index is 4.18. The molecular formula is C11H18O2. The lowest BCUT2D eigenvalue weighted by molar-refractivity contribution is -0.139. The van der Waals surface area contributed by atoms with Gasteiger partial charge >= 0.3 is 5.97 Å². The van der Waals surface area contributed by atoms with Crippen LogP contribution in [0.4, 0.5) is 0 Å². The maximum Gasteiger partial charge on any atom is 0.309 e. The average Bonchev–Trinajstić information content (AvgIpc) is 2.14. The number of esters is 1. The van der Waals surface area contributed by atoms with Gasteiger partial charge in [-0.25, -0.2) is 0 Å². The number of allylic oxidation sites excluding steroid dienone is 3. The average molecular weight is 182 g/mol. The summed E-state index contributed by atoms with van der Waals surface area (Å²) < 4.78 is 4.59. The molecule has 2 heteroatoms. The molecule has 0 unspecified atom stereocenters. The second kappa shape index (κ2) is 7.59. The maximum atomic E-state index is 11.0. The van der Waals surface area contributed by atoms with Crippen LogP contribution in [0.5, 0.6) is 0 Å². The molecule has 0 aromatic heterocycles. The Morgan fingerprint density at radius 1 is 1.31 bits per heavy atom. The predicted molar refractivity (Wildman–Crippen MR) is 54.4 cm³/mol. The molecule has 0 aromatic rings. The van der Waals surface area contributed by atoms with Crippen LogP contribution < -0.4 is 0 Å². The molecule has 0 aliphatic heterocycles. The molecule has 0 N–H and O–H groups in total. The molecule has 0 aliphatic rings. The summed E-state index contributed by atoms with van der Waals surface area (Å²) in [4.78, 5) is 11.0. The van der Waals surface area contributed by atoms with E-state index >= 15 is 0 Å². The second-order valence-corrected chi connectivity index (χ2v) is 2.75. The standard InChI is InChI=1S/C11H18O2/c1-4-6-8-10(7-5-2)9-11(12)13-3/h6-8H,4-5,9H2,1-3H3/b8-6-,10-7+. The summed E-state index contributed by atoms with van der Waals surface area (Å²) in [6, 6.07) is 0. The zero-order chi connectivity index (χ0) is 10.1. The van der Waals surface area contributed by atoms with Crippen LogP contribution in [-0.4, -0.2) is 13.1 Å². The number of ether oxygens (including phenoxy) is 1. The lowest BCUT2D eigenvalue weighted by Gasteiger charge is -1.99. The first-order valence-electron chi connectivity index (χ1n) is 4.66. The highest BCUT2D eigenvalue weighted by Gasteiger charge is 2.01. The van der Waals surface area contributed by atoms with Gasteiger partial charge in [0.05, 0.1) is 13.5 Å². The molecule has 0 spiro atoms. The first kappa shape index (κ1) is 11.9. The highest BCUT2D eigenvalue weighted by atomic mass is 16.5. The highest BCUT2D eigenvalue weighted by Crippen LogP contribution is 2.06. The van der Waals surface area contributed by atoms with Crippen LogP contribution in [0.2, 0.25) is 0 Å². The topological polar surface area (TPSA) is 26.3 Å². The van der Waals surface area contributed by atoms with Gasteiger partial charge < -0.3 is 4.74 Å². The van der Waals surface area contributed by atoms with Crippen molar-refractivity contribution in [1.29, 1.82) is 0 Å². The highest BCUT2D eigenvalue weighted by molar-refractivity contribution is 5.73. The summed E-state index contributed by atoms with van der Waals surface area (Å²) in [6.45, 7) is 4.12. The van der Waals surface area contributed by atoms with Gasteiger partial charge in [-0.3, -0.25) is 4.79 Å². The Bertz CT molecular complexity index is 202. The largest absolute Gasteiger partial charge is 0.469 e. The molecule has 0 amide bonds. The van der Waals surface area contributed by atoms with Crippen LogP contribution in [0.25, 0.3) is 0 Å². The lowest BCUT2D eigenvalue weighted by Crippen LogP contribution is -2.00. The van der Waals surface area contributed by atoms with Gasteiger partial charge in [-0.05, 0) is 18.4 Å². The number of carbonyl (C=O) groups excluding carboxylic acids is 1. The van der Waals surface area contributed by atoms with Crippen LogP contribution in [0.3, 0.4) is 0 Å². The van der Waals surface area contributed by atoms with Crippen molar-refractivity contribution in [2.24, 2.45) is 0 Å². The third-order valence-corrected chi connectivity index (χ3v) is 1.61. The van der Waals surface area contributed by atoms with Gasteiger partial charge in [0.25, 0.3) is 0 Å². The molecule has 0 radical (unpaired) electrons. The third-order valence-electron chi connectivity index (χ3n) is 1.61. The molecule has 74 valence electrons. The molecule has 0 aromatic carbocycles. The van der Waals surface area contributed by atoms with Crippen molar-refractivity contribution in [3.05, 3.63) is 23.8 Å². The van der Waals surface area contributed by atoms with Gasteiger partial charge in [0.15, 0.2) is 0 Å². The number of carbonyl (C=O) groups is 1. The van der Waals surface area contributed by atoms with Crippen LogP contribution in [0.15, 0.2) is 23.8 Å². The van der Waals surface area contributed by atoms with E-state index in [4.69, 9.17) is 0 Å². The number of hydrogen-bond acceptors (Lipinski definition) is 2. The summed E-state index contributed by atoms with van der Waals surface area (Å²) in [6.07, 6.45) is 8.39. The van der Waals surface area contributed by atoms with Gasteiger partial charge in [0, 0.05) is 0 Å². The van der Waals surface area contributed by atoms with E-state index in [0.29, 0.717) is 6.42 Å². The molecule has 0 bridgehead atoms. The van der Waals surface area contributed by atoms with E-state index in [0.717, 1.165) is 18.4 Å². The van der Waals surface area contributed by atoms with E-state index < -0.39 is 0 Å². The van der Waals surface area contributed by atoms with Crippen molar-refractivity contribution in [2.45, 2.75) is 33.1 Å². The fourth-order valence-corrected chi connectivity index (χ4v) is 0.969. The van der Waals surface area contributed by atoms with E-state index in [1.54, 1.807) is 0 Å². The van der Waals surface area contributed by atoms with Crippen molar-refractivity contribution in [3.63, 3.8) is 0 Å². The molecule has 2 nitrogen and oxygen atoms in total. The summed E-state index contributed by atoms with van der Waals surface area (Å²) in [5.41, 5.74) is 1.04. The number of hydrogen-bond donors (Lipinski definition) is 0. The summed E-state index contributed by atoms with van der Waals surface area (Å²) in [5.74, 6) is -0.180. The van der Waals surface area contributed by atoms with Crippen LogP contribution in [0.1, 0.15) is 33.1 Å². The van der Waals surface area contributed by atoms with Crippen molar-refractivity contribution in [2.75, 3.05) is 7.11 Å². The summed E-state index contributed by atoms with van der Waals surface area (Å²) in [7, 11) is 1.41. The van der Waals surface area contributed by atoms with Gasteiger partial charge in [-0.15, -0.1) is 0 Å². The fraction of sp³-hybridized carbons (Fsp3) is 0.545. The third kappa shape index (κ3) is 6.14. The van der Waals surface area contributed by atoms with E-state index in [1.807, 2.05) is 18.2 Å². The van der Waals surface area contributed by atoms with E-state index in [-0.39, 0.29) is 5.97 Å². The minimum Gasteiger partial charge on any atom is -0.469 e. The maximum absolute atomic E-state index is 11.0. The SMILES string of the molecule is CC/C=C\C(=C/CC)CC(=O)OC. The lowest BCUT2D eigenvalue weighted by atomic mass is 10.1. The van der Waals surface area contributed by atoms with E-state index in [9.17, 15) is 4.79 Å². The molecule has 0 saturated heterocycles. The van der Waals surface area contributed by atoms with Crippen molar-refractivity contribution in [3.8, 4) is 0 Å². The Morgan fingerprint density at radius 3 is 2.46 bits per heavy atom. The molecule has 0 rings (SSSR count). The Morgan fingerprint density at radius 2 is 2.00 bits per heavy atom.